The van der Waals surface area contributed by atoms with Gasteiger partial charge in [-0.1, -0.05) is 41.9 Å². The van der Waals surface area contributed by atoms with Gasteiger partial charge in [0.2, 0.25) is 5.91 Å². The molecule has 1 aromatic heterocycles. The Morgan fingerprint density at radius 2 is 1.51 bits per heavy atom. The number of carbonyl (C=O) groups excluding carboxylic acids is 1. The molecular weight excluding hydrogens is 616 g/mol. The number of benzene rings is 4. The van der Waals surface area contributed by atoms with Crippen molar-refractivity contribution in [2.24, 2.45) is 0 Å². The molecule has 0 aliphatic carbocycles. The molecule has 0 aliphatic rings. The van der Waals surface area contributed by atoms with Crippen molar-refractivity contribution in [3.63, 3.8) is 0 Å². The van der Waals surface area contributed by atoms with Crippen LogP contribution in [-0.4, -0.2) is 45.1 Å². The fourth-order valence-electron chi connectivity index (χ4n) is 4.37. The summed E-state index contributed by atoms with van der Waals surface area (Å²) in [7, 11) is -1.10. The fourth-order valence-corrected chi connectivity index (χ4v) is 5.63. The Balaban J connectivity index is 1.34. The Bertz CT molecular complexity index is 1950. The number of rotatable bonds is 12. The molecule has 45 heavy (non-hydrogen) atoms. The van der Waals surface area contributed by atoms with Gasteiger partial charge < -0.3 is 25.4 Å². The molecule has 0 bridgehead atoms. The number of hydrogen-bond acceptors (Lipinski definition) is 9. The molecule has 13 heteroatoms. The fraction of sp³-hybridized carbons (Fsp3) is 0.156. The number of aryl methyl sites for hydroxylation is 1. The van der Waals surface area contributed by atoms with Crippen molar-refractivity contribution in [2.45, 2.75) is 18.4 Å². The van der Waals surface area contributed by atoms with Crippen LogP contribution in [-0.2, 0) is 21.4 Å². The third-order valence-corrected chi connectivity index (χ3v) is 8.44. The molecule has 0 unspecified atom stereocenters. The molecule has 11 nitrogen and oxygen atoms in total. The van der Waals surface area contributed by atoms with E-state index in [9.17, 15) is 13.2 Å². The van der Waals surface area contributed by atoms with E-state index in [-0.39, 0.29) is 29.0 Å². The minimum Gasteiger partial charge on any atom is -0.497 e. The number of aromatic nitrogens is 2. The molecule has 5 aromatic rings. The predicted molar refractivity (Wildman–Crippen MR) is 176 cm³/mol. The number of amides is 1. The number of carbonyl (C=O) groups is 1. The summed E-state index contributed by atoms with van der Waals surface area (Å²) in [6.07, 6.45) is 0. The van der Waals surface area contributed by atoms with Gasteiger partial charge in [0.25, 0.3) is 10.0 Å². The normalized spacial score (nSPS) is 11.2. The summed E-state index contributed by atoms with van der Waals surface area (Å²) in [6.45, 7) is 2.37. The lowest BCUT2D eigenvalue weighted by Gasteiger charge is -2.15. The van der Waals surface area contributed by atoms with E-state index in [1.54, 1.807) is 48.5 Å². The second kappa shape index (κ2) is 13.8. The summed E-state index contributed by atoms with van der Waals surface area (Å²) in [6, 6.07) is 23.9. The number of fused-ring (bicyclic) bond motifs is 1. The van der Waals surface area contributed by atoms with E-state index < -0.39 is 10.0 Å². The summed E-state index contributed by atoms with van der Waals surface area (Å²) in [5.74, 6) is 0.863. The molecule has 1 heterocycles. The highest BCUT2D eigenvalue weighted by atomic mass is 35.5. The molecular formula is C32H31ClN6O5S. The molecule has 0 fully saturated rings. The number of sulfonamides is 1. The van der Waals surface area contributed by atoms with Crippen LogP contribution >= 0.6 is 11.6 Å². The van der Waals surface area contributed by atoms with Gasteiger partial charge in [0.1, 0.15) is 11.5 Å². The lowest BCUT2D eigenvalue weighted by molar-refractivity contribution is -0.115. The second-order valence-electron chi connectivity index (χ2n) is 10.0. The van der Waals surface area contributed by atoms with Crippen LogP contribution in [0.15, 0.2) is 89.8 Å². The minimum absolute atomic E-state index is 0.0114. The molecule has 4 N–H and O–H groups in total. The van der Waals surface area contributed by atoms with E-state index in [2.05, 4.69) is 30.6 Å². The number of halogens is 1. The Labute approximate surface area is 266 Å². The molecule has 0 radical (unpaired) electrons. The number of nitrogens with one attached hydrogen (secondary N) is 4. The molecule has 0 saturated heterocycles. The first kappa shape index (κ1) is 31.5. The zero-order valence-electron chi connectivity index (χ0n) is 24.7. The number of methoxy groups -OCH3 is 2. The molecule has 232 valence electrons. The second-order valence-corrected chi connectivity index (χ2v) is 12.1. The quantitative estimate of drug-likeness (QED) is 0.131. The smallest absolute Gasteiger partial charge is 0.263 e. The average molecular weight is 647 g/mol. The summed E-state index contributed by atoms with van der Waals surface area (Å²) in [5.41, 5.74) is 3.82. The minimum atomic E-state index is -4.16. The van der Waals surface area contributed by atoms with Crippen molar-refractivity contribution in [3.05, 3.63) is 101 Å². The van der Waals surface area contributed by atoms with Crippen LogP contribution in [0, 0.1) is 6.92 Å². The van der Waals surface area contributed by atoms with Gasteiger partial charge in [-0.2, -0.15) is 0 Å². The van der Waals surface area contributed by atoms with Gasteiger partial charge in [-0.25, -0.2) is 18.4 Å². The van der Waals surface area contributed by atoms with Gasteiger partial charge in [-0.3, -0.25) is 9.52 Å². The maximum Gasteiger partial charge on any atom is 0.263 e. The maximum absolute atomic E-state index is 13.6. The first-order valence-corrected chi connectivity index (χ1v) is 15.6. The molecule has 5 rings (SSSR count). The number of nitrogens with zero attached hydrogens (tertiary/aromatic N) is 2. The van der Waals surface area contributed by atoms with Crippen molar-refractivity contribution in [2.75, 3.05) is 36.1 Å². The van der Waals surface area contributed by atoms with Crippen LogP contribution in [0.4, 0.5) is 23.0 Å². The van der Waals surface area contributed by atoms with E-state index in [1.165, 1.54) is 26.4 Å². The van der Waals surface area contributed by atoms with E-state index in [1.807, 2.05) is 31.2 Å². The van der Waals surface area contributed by atoms with Crippen molar-refractivity contribution >= 4 is 61.6 Å². The van der Waals surface area contributed by atoms with Crippen molar-refractivity contribution in [1.29, 1.82) is 0 Å². The number of ether oxygens (including phenoxy) is 2. The van der Waals surface area contributed by atoms with Crippen molar-refractivity contribution < 1.29 is 22.7 Å². The first-order valence-electron chi connectivity index (χ1n) is 13.8. The van der Waals surface area contributed by atoms with Crippen molar-refractivity contribution in [1.82, 2.24) is 15.3 Å². The van der Waals surface area contributed by atoms with Gasteiger partial charge in [-0.15, -0.1) is 0 Å². The van der Waals surface area contributed by atoms with E-state index >= 15 is 0 Å². The van der Waals surface area contributed by atoms with Gasteiger partial charge in [0, 0.05) is 41.1 Å². The summed E-state index contributed by atoms with van der Waals surface area (Å²) in [4.78, 5) is 21.7. The van der Waals surface area contributed by atoms with Gasteiger partial charge >= 0.3 is 0 Å². The van der Waals surface area contributed by atoms with Gasteiger partial charge in [0.05, 0.1) is 36.7 Å². The summed E-state index contributed by atoms with van der Waals surface area (Å²) >= 11 is 6.18. The number of anilines is 4. The number of hydrogen-bond donors (Lipinski definition) is 4. The van der Waals surface area contributed by atoms with Gasteiger partial charge in [0.15, 0.2) is 11.6 Å². The van der Waals surface area contributed by atoms with Crippen LogP contribution in [0.25, 0.3) is 11.0 Å². The Morgan fingerprint density at radius 1 is 0.822 bits per heavy atom. The number of para-hydroxylation sites is 2. The lowest BCUT2D eigenvalue weighted by atomic mass is 10.1. The zero-order chi connectivity index (χ0) is 32.0. The highest BCUT2D eigenvalue weighted by Crippen LogP contribution is 2.31. The third-order valence-electron chi connectivity index (χ3n) is 6.69. The summed E-state index contributed by atoms with van der Waals surface area (Å²) in [5, 5.41) is 9.58. The van der Waals surface area contributed by atoms with E-state index in [0.29, 0.717) is 45.5 Å². The van der Waals surface area contributed by atoms with Crippen molar-refractivity contribution in [3.8, 4) is 11.5 Å². The first-order chi connectivity index (χ1) is 21.6. The predicted octanol–water partition coefficient (Wildman–Crippen LogP) is 5.88. The Kier molecular flexibility index (Phi) is 9.67. The highest BCUT2D eigenvalue weighted by molar-refractivity contribution is 7.92. The molecule has 0 aliphatic heterocycles. The average Bonchev–Trinajstić information content (AvgIpc) is 3.02. The molecule has 1 amide bonds. The van der Waals surface area contributed by atoms with Crippen LogP contribution in [0.3, 0.4) is 0 Å². The van der Waals surface area contributed by atoms with Gasteiger partial charge in [-0.05, 0) is 54.4 Å². The Morgan fingerprint density at radius 3 is 2.18 bits per heavy atom. The lowest BCUT2D eigenvalue weighted by Crippen LogP contribution is -2.27. The van der Waals surface area contributed by atoms with E-state index in [0.717, 1.165) is 11.1 Å². The Hall–Kier alpha value is -4.91. The zero-order valence-corrected chi connectivity index (χ0v) is 26.3. The molecule has 0 atom stereocenters. The molecule has 4 aromatic carbocycles. The molecule has 0 spiro atoms. The molecule has 0 saturated carbocycles. The van der Waals surface area contributed by atoms with Crippen LogP contribution in [0.2, 0.25) is 5.02 Å². The standard InChI is InChI=1S/C32H31ClN6O5S/c1-20-11-12-21(13-27(20)33)18-34-19-30(40)35-22-7-6-8-26(16-22)45(41,42)39-32-31(37-28-9-4-5-10-29(28)38-32)36-23-14-24(43-2)17-25(15-23)44-3/h4-17,34H,18-19H2,1-3H3,(H,35,40)(H,36,37)(H,38,39). The monoisotopic (exact) mass is 646 g/mol. The van der Waals surface area contributed by atoms with Crippen LogP contribution in [0.5, 0.6) is 11.5 Å². The van der Waals surface area contributed by atoms with E-state index in [4.69, 9.17) is 21.1 Å². The SMILES string of the molecule is COc1cc(Nc2nc3ccccc3nc2NS(=O)(=O)c2cccc(NC(=O)CNCc3ccc(C)c(Cl)c3)c2)cc(OC)c1. The summed E-state index contributed by atoms with van der Waals surface area (Å²) < 4.78 is 40.4. The largest absolute Gasteiger partial charge is 0.497 e. The van der Waals surface area contributed by atoms with Crippen LogP contribution < -0.4 is 30.1 Å². The topological polar surface area (TPSA) is 144 Å². The maximum atomic E-state index is 13.6. The third kappa shape index (κ3) is 7.98. The van der Waals surface area contributed by atoms with Crippen LogP contribution in [0.1, 0.15) is 11.1 Å². The highest BCUT2D eigenvalue weighted by Gasteiger charge is 2.20.